The summed E-state index contributed by atoms with van der Waals surface area (Å²) in [5.41, 5.74) is 3.01. The highest BCUT2D eigenvalue weighted by atomic mass is 35.5. The molecule has 0 aliphatic rings. The van der Waals surface area contributed by atoms with Crippen molar-refractivity contribution in [1.82, 2.24) is 9.73 Å². The molecule has 0 radical (unpaired) electrons. The van der Waals surface area contributed by atoms with Crippen LogP contribution in [-0.4, -0.2) is 52.7 Å². The van der Waals surface area contributed by atoms with Crippen molar-refractivity contribution in [3.8, 4) is 11.5 Å². The monoisotopic (exact) mass is 425 g/mol. The Balaban J connectivity index is 2.00. The zero-order valence-corrected chi connectivity index (χ0v) is 17.1. The number of hydrogen-bond donors (Lipinski definition) is 1. The van der Waals surface area contributed by atoms with Crippen molar-refractivity contribution in [3.05, 3.63) is 53.1 Å². The van der Waals surface area contributed by atoms with Gasteiger partial charge in [-0.3, -0.25) is 4.79 Å². The lowest BCUT2D eigenvalue weighted by molar-refractivity contribution is -0.121. The number of benzene rings is 2. The fraction of sp³-hybridized carbons (Fsp3) is 0.222. The molecular formula is C18H20ClN3O5S. The van der Waals surface area contributed by atoms with Gasteiger partial charge in [0.05, 0.1) is 36.9 Å². The molecule has 0 aromatic heterocycles. The maximum absolute atomic E-state index is 12.6. The molecule has 0 heterocycles. The van der Waals surface area contributed by atoms with Crippen molar-refractivity contribution < 1.29 is 22.7 Å². The van der Waals surface area contributed by atoms with Gasteiger partial charge in [0.1, 0.15) is 11.5 Å². The molecule has 8 nitrogen and oxygen atoms in total. The summed E-state index contributed by atoms with van der Waals surface area (Å²) in [5, 5.41) is 3.98. The van der Waals surface area contributed by atoms with E-state index >= 15 is 0 Å². The predicted octanol–water partition coefficient (Wildman–Crippen LogP) is 2.13. The highest BCUT2D eigenvalue weighted by Crippen LogP contribution is 2.28. The van der Waals surface area contributed by atoms with Crippen molar-refractivity contribution in [2.45, 2.75) is 4.90 Å². The largest absolute Gasteiger partial charge is 0.497 e. The fourth-order valence-electron chi connectivity index (χ4n) is 2.21. The number of methoxy groups -OCH3 is 2. The van der Waals surface area contributed by atoms with Crippen LogP contribution in [0.5, 0.6) is 11.5 Å². The van der Waals surface area contributed by atoms with Gasteiger partial charge in [0, 0.05) is 7.05 Å². The zero-order chi connectivity index (χ0) is 20.7. The van der Waals surface area contributed by atoms with Crippen molar-refractivity contribution in [3.63, 3.8) is 0 Å². The summed E-state index contributed by atoms with van der Waals surface area (Å²) in [6.07, 6.45) is 1.43. The minimum Gasteiger partial charge on any atom is -0.497 e. The Bertz CT molecular complexity index is 979. The number of sulfonamides is 1. The molecule has 0 saturated heterocycles. The summed E-state index contributed by atoms with van der Waals surface area (Å²) in [5.74, 6) is 0.414. The van der Waals surface area contributed by atoms with Crippen LogP contribution in [0.4, 0.5) is 0 Å². The molecule has 0 aliphatic carbocycles. The Labute approximate surface area is 168 Å². The van der Waals surface area contributed by atoms with Gasteiger partial charge in [-0.1, -0.05) is 23.7 Å². The van der Waals surface area contributed by atoms with Gasteiger partial charge in [-0.25, -0.2) is 13.8 Å². The van der Waals surface area contributed by atoms with E-state index in [2.05, 4.69) is 10.5 Å². The van der Waals surface area contributed by atoms with Crippen LogP contribution in [-0.2, 0) is 14.8 Å². The molecule has 2 aromatic rings. The van der Waals surface area contributed by atoms with Crippen molar-refractivity contribution >= 4 is 33.7 Å². The van der Waals surface area contributed by atoms with E-state index in [4.69, 9.17) is 21.1 Å². The second kappa shape index (κ2) is 9.54. The minimum atomic E-state index is -3.90. The SMILES string of the molecule is COc1cccc(/C=N\NC(=O)CN(C)S(=O)(=O)c2ccc(OC)c(Cl)c2)c1. The highest BCUT2D eigenvalue weighted by molar-refractivity contribution is 7.89. The molecule has 0 fully saturated rings. The Morgan fingerprint density at radius 2 is 1.96 bits per heavy atom. The normalized spacial score (nSPS) is 11.6. The van der Waals surface area contributed by atoms with Gasteiger partial charge in [0.25, 0.3) is 5.91 Å². The van der Waals surface area contributed by atoms with Crippen LogP contribution in [0.1, 0.15) is 5.56 Å². The van der Waals surface area contributed by atoms with Gasteiger partial charge < -0.3 is 9.47 Å². The molecule has 1 N–H and O–H groups in total. The fourth-order valence-corrected chi connectivity index (χ4v) is 3.69. The summed E-state index contributed by atoms with van der Waals surface area (Å²) in [6, 6.07) is 11.1. The van der Waals surface area contributed by atoms with Crippen LogP contribution in [0.2, 0.25) is 5.02 Å². The minimum absolute atomic E-state index is 0.0477. The van der Waals surface area contributed by atoms with Gasteiger partial charge in [0.2, 0.25) is 10.0 Å². The molecule has 0 unspecified atom stereocenters. The number of carbonyl (C=O) groups is 1. The Kier molecular flexibility index (Phi) is 7.38. The maximum atomic E-state index is 12.6. The topological polar surface area (TPSA) is 97.3 Å². The third-order valence-corrected chi connectivity index (χ3v) is 5.79. The molecule has 1 amide bonds. The number of amides is 1. The molecule has 0 spiro atoms. The highest BCUT2D eigenvalue weighted by Gasteiger charge is 2.23. The summed E-state index contributed by atoms with van der Waals surface area (Å²) >= 11 is 5.98. The Hall–Kier alpha value is -2.62. The van der Waals surface area contributed by atoms with E-state index in [9.17, 15) is 13.2 Å². The smallest absolute Gasteiger partial charge is 0.255 e. The number of carbonyl (C=O) groups excluding carboxylic acids is 1. The number of rotatable bonds is 8. The standard InChI is InChI=1S/C18H20ClN3O5S/c1-22(28(24,25)15-7-8-17(27-3)16(19)10-15)12-18(23)21-20-11-13-5-4-6-14(9-13)26-2/h4-11H,12H2,1-3H3,(H,21,23)/b20-11-. The molecule has 10 heteroatoms. The summed E-state index contributed by atoms with van der Waals surface area (Å²) in [7, 11) is 0.361. The van der Waals surface area contributed by atoms with Crippen LogP contribution in [0, 0.1) is 0 Å². The number of halogens is 1. The lowest BCUT2D eigenvalue weighted by Gasteiger charge is -2.16. The van der Waals surface area contributed by atoms with Crippen LogP contribution in [0.25, 0.3) is 0 Å². The van der Waals surface area contributed by atoms with Crippen LogP contribution < -0.4 is 14.9 Å². The summed E-state index contributed by atoms with van der Waals surface area (Å²) < 4.78 is 36.2. The molecule has 150 valence electrons. The summed E-state index contributed by atoms with van der Waals surface area (Å²) in [4.78, 5) is 12.0. The van der Waals surface area contributed by atoms with Gasteiger partial charge >= 0.3 is 0 Å². The van der Waals surface area contributed by atoms with Gasteiger partial charge in [-0.15, -0.1) is 0 Å². The molecule has 0 saturated carbocycles. The predicted molar refractivity (Wildman–Crippen MR) is 107 cm³/mol. The van der Waals surface area contributed by atoms with Crippen molar-refractivity contribution in [2.75, 3.05) is 27.8 Å². The molecule has 0 bridgehead atoms. The molecule has 2 rings (SSSR count). The zero-order valence-electron chi connectivity index (χ0n) is 15.5. The van der Waals surface area contributed by atoms with Crippen LogP contribution in [0.15, 0.2) is 52.5 Å². The number of nitrogens with zero attached hydrogens (tertiary/aromatic N) is 2. The molecule has 28 heavy (non-hydrogen) atoms. The van der Waals surface area contributed by atoms with Crippen LogP contribution >= 0.6 is 11.6 Å². The third kappa shape index (κ3) is 5.44. The number of ether oxygens (including phenoxy) is 2. The van der Waals surface area contributed by atoms with Crippen LogP contribution in [0.3, 0.4) is 0 Å². The van der Waals surface area contributed by atoms with E-state index in [0.717, 1.165) is 4.31 Å². The second-order valence-electron chi connectivity index (χ2n) is 5.63. The van der Waals surface area contributed by atoms with E-state index in [0.29, 0.717) is 17.1 Å². The first-order valence-electron chi connectivity index (χ1n) is 8.03. The molecule has 0 aliphatic heterocycles. The van der Waals surface area contributed by atoms with Gasteiger partial charge in [-0.2, -0.15) is 9.41 Å². The first-order valence-corrected chi connectivity index (χ1v) is 9.85. The third-order valence-electron chi connectivity index (χ3n) is 3.69. The Morgan fingerprint density at radius 3 is 2.61 bits per heavy atom. The lowest BCUT2D eigenvalue weighted by Crippen LogP contribution is -2.36. The average Bonchev–Trinajstić information content (AvgIpc) is 2.67. The average molecular weight is 426 g/mol. The first-order chi connectivity index (χ1) is 13.3. The molecule has 0 atom stereocenters. The number of hydrogen-bond acceptors (Lipinski definition) is 6. The first kappa shape index (κ1) is 21.7. The molecular weight excluding hydrogens is 406 g/mol. The molecule has 2 aromatic carbocycles. The second-order valence-corrected chi connectivity index (χ2v) is 8.08. The lowest BCUT2D eigenvalue weighted by atomic mass is 10.2. The van der Waals surface area contributed by atoms with Gasteiger partial charge in [-0.05, 0) is 35.9 Å². The number of nitrogens with one attached hydrogen (secondary N) is 1. The Morgan fingerprint density at radius 1 is 1.21 bits per heavy atom. The van der Waals surface area contributed by atoms with Gasteiger partial charge in [0.15, 0.2) is 0 Å². The van der Waals surface area contributed by atoms with E-state index < -0.39 is 22.5 Å². The summed E-state index contributed by atoms with van der Waals surface area (Å²) in [6.45, 7) is -0.415. The number of likely N-dealkylation sites (N-methyl/N-ethyl adjacent to an activating group) is 1. The van der Waals surface area contributed by atoms with E-state index in [1.807, 2.05) is 0 Å². The van der Waals surface area contributed by atoms with E-state index in [1.54, 1.807) is 31.4 Å². The quantitative estimate of drug-likeness (QED) is 0.516. The van der Waals surface area contributed by atoms with Crippen molar-refractivity contribution in [2.24, 2.45) is 5.10 Å². The van der Waals surface area contributed by atoms with E-state index in [-0.39, 0.29) is 9.92 Å². The van der Waals surface area contributed by atoms with Crippen molar-refractivity contribution in [1.29, 1.82) is 0 Å². The number of hydrazone groups is 1. The maximum Gasteiger partial charge on any atom is 0.255 e. The van der Waals surface area contributed by atoms with E-state index in [1.165, 1.54) is 38.6 Å².